The van der Waals surface area contributed by atoms with Crippen molar-refractivity contribution in [2.75, 3.05) is 11.5 Å². The van der Waals surface area contributed by atoms with E-state index in [1.54, 1.807) is 0 Å². The molecular formula is C28H36N2. The van der Waals surface area contributed by atoms with Crippen LogP contribution in [0.25, 0.3) is 0 Å². The van der Waals surface area contributed by atoms with Crippen molar-refractivity contribution in [2.24, 2.45) is 0 Å². The molecule has 0 aliphatic rings. The molecule has 4 N–H and O–H groups in total. The standard InChI is InChI=1S/C28H36N2/c1-17-12-23(29)13-18(2)25(17)27(5,6)21-10-9-11-22(16-21)28(7,8)26-19(3)14-24(30)15-20(26)4/h9-16H,29-30H2,1-8H3. The zero-order valence-electron chi connectivity index (χ0n) is 19.8. The maximum absolute atomic E-state index is 6.09. The summed E-state index contributed by atoms with van der Waals surface area (Å²) in [4.78, 5) is 0. The zero-order valence-corrected chi connectivity index (χ0v) is 19.8. The Morgan fingerprint density at radius 3 is 1.13 bits per heavy atom. The lowest BCUT2D eigenvalue weighted by atomic mass is 9.70. The summed E-state index contributed by atoms with van der Waals surface area (Å²) in [7, 11) is 0. The van der Waals surface area contributed by atoms with Gasteiger partial charge in [-0.1, -0.05) is 52.0 Å². The molecule has 158 valence electrons. The molecule has 0 atom stereocenters. The van der Waals surface area contributed by atoms with E-state index in [-0.39, 0.29) is 10.8 Å². The highest BCUT2D eigenvalue weighted by Gasteiger charge is 2.31. The van der Waals surface area contributed by atoms with E-state index in [1.165, 1.54) is 44.5 Å². The molecule has 3 aromatic rings. The molecule has 0 spiro atoms. The lowest BCUT2D eigenvalue weighted by Gasteiger charge is -2.34. The third-order valence-corrected chi connectivity index (χ3v) is 6.67. The highest BCUT2D eigenvalue weighted by atomic mass is 14.6. The Morgan fingerprint density at radius 2 is 0.833 bits per heavy atom. The van der Waals surface area contributed by atoms with Crippen LogP contribution in [0.15, 0.2) is 48.5 Å². The molecule has 0 radical (unpaired) electrons. The van der Waals surface area contributed by atoms with Crippen molar-refractivity contribution in [2.45, 2.75) is 66.2 Å². The molecule has 3 aromatic carbocycles. The quantitative estimate of drug-likeness (QED) is 0.477. The third kappa shape index (κ3) is 3.71. The van der Waals surface area contributed by atoms with Crippen LogP contribution < -0.4 is 11.5 Å². The van der Waals surface area contributed by atoms with Gasteiger partial charge in [0, 0.05) is 22.2 Å². The average molecular weight is 401 g/mol. The van der Waals surface area contributed by atoms with Crippen LogP contribution in [0.5, 0.6) is 0 Å². The molecule has 0 aromatic heterocycles. The summed E-state index contributed by atoms with van der Waals surface area (Å²) >= 11 is 0. The maximum atomic E-state index is 6.09. The monoisotopic (exact) mass is 400 g/mol. The minimum Gasteiger partial charge on any atom is -0.399 e. The van der Waals surface area contributed by atoms with E-state index in [0.717, 1.165) is 11.4 Å². The highest BCUT2D eigenvalue weighted by molar-refractivity contribution is 5.57. The van der Waals surface area contributed by atoms with Gasteiger partial charge in [-0.05, 0) is 96.5 Å². The van der Waals surface area contributed by atoms with Crippen LogP contribution in [0, 0.1) is 27.7 Å². The van der Waals surface area contributed by atoms with Crippen molar-refractivity contribution < 1.29 is 0 Å². The van der Waals surface area contributed by atoms with Crippen molar-refractivity contribution >= 4 is 11.4 Å². The number of hydrogen-bond donors (Lipinski definition) is 2. The summed E-state index contributed by atoms with van der Waals surface area (Å²) in [6.45, 7) is 17.9. The lowest BCUT2D eigenvalue weighted by Crippen LogP contribution is -2.25. The lowest BCUT2D eigenvalue weighted by molar-refractivity contribution is 0.609. The van der Waals surface area contributed by atoms with Gasteiger partial charge in [-0.3, -0.25) is 0 Å². The smallest absolute Gasteiger partial charge is 0.0319 e. The number of benzene rings is 3. The van der Waals surface area contributed by atoms with Crippen LogP contribution in [0.1, 0.15) is 72.2 Å². The number of anilines is 2. The largest absolute Gasteiger partial charge is 0.399 e. The molecule has 0 aliphatic heterocycles. The van der Waals surface area contributed by atoms with E-state index in [2.05, 4.69) is 104 Å². The first-order valence-electron chi connectivity index (χ1n) is 10.7. The van der Waals surface area contributed by atoms with Gasteiger partial charge in [-0.2, -0.15) is 0 Å². The molecule has 2 nitrogen and oxygen atoms in total. The zero-order chi connectivity index (χ0) is 22.4. The molecule has 0 bridgehead atoms. The second-order valence-electron chi connectivity index (χ2n) is 9.89. The Labute approximate surface area is 182 Å². The molecule has 0 heterocycles. The van der Waals surface area contributed by atoms with Gasteiger partial charge in [0.05, 0.1) is 0 Å². The fraction of sp³-hybridized carbons (Fsp3) is 0.357. The fourth-order valence-corrected chi connectivity index (χ4v) is 5.55. The normalized spacial score (nSPS) is 12.3. The van der Waals surface area contributed by atoms with E-state index in [4.69, 9.17) is 11.5 Å². The fourth-order valence-electron chi connectivity index (χ4n) is 5.55. The number of hydrogen-bond acceptors (Lipinski definition) is 2. The van der Waals surface area contributed by atoms with Gasteiger partial charge in [0.1, 0.15) is 0 Å². The first-order chi connectivity index (χ1) is 13.9. The second kappa shape index (κ2) is 7.50. The predicted octanol–water partition coefficient (Wildman–Crippen LogP) is 6.74. The van der Waals surface area contributed by atoms with Crippen LogP contribution in [0.4, 0.5) is 11.4 Å². The molecule has 0 saturated carbocycles. The first kappa shape index (κ1) is 22.0. The molecule has 0 aliphatic carbocycles. The SMILES string of the molecule is Cc1cc(N)cc(C)c1C(C)(C)c1cccc(C(C)(C)c2c(C)cc(N)cc2C)c1. The summed E-state index contributed by atoms with van der Waals surface area (Å²) in [6, 6.07) is 17.4. The van der Waals surface area contributed by atoms with Crippen molar-refractivity contribution in [3.8, 4) is 0 Å². The van der Waals surface area contributed by atoms with Crippen LogP contribution in [-0.4, -0.2) is 0 Å². The van der Waals surface area contributed by atoms with Gasteiger partial charge in [-0.25, -0.2) is 0 Å². The summed E-state index contributed by atoms with van der Waals surface area (Å²) in [5, 5.41) is 0. The third-order valence-electron chi connectivity index (χ3n) is 6.67. The average Bonchev–Trinajstić information content (AvgIpc) is 2.59. The van der Waals surface area contributed by atoms with Crippen molar-refractivity contribution in [3.63, 3.8) is 0 Å². The van der Waals surface area contributed by atoms with Crippen LogP contribution >= 0.6 is 0 Å². The van der Waals surface area contributed by atoms with E-state index < -0.39 is 0 Å². The molecule has 3 rings (SSSR count). The van der Waals surface area contributed by atoms with Gasteiger partial charge in [-0.15, -0.1) is 0 Å². The van der Waals surface area contributed by atoms with Crippen molar-refractivity contribution in [1.29, 1.82) is 0 Å². The van der Waals surface area contributed by atoms with E-state index in [1.807, 2.05) is 0 Å². The van der Waals surface area contributed by atoms with Gasteiger partial charge < -0.3 is 11.5 Å². The molecule has 2 heteroatoms. The van der Waals surface area contributed by atoms with E-state index in [0.29, 0.717) is 0 Å². The molecular weight excluding hydrogens is 364 g/mol. The number of aryl methyl sites for hydroxylation is 4. The van der Waals surface area contributed by atoms with E-state index in [9.17, 15) is 0 Å². The molecule has 0 amide bonds. The Kier molecular flexibility index (Phi) is 5.49. The van der Waals surface area contributed by atoms with Gasteiger partial charge in [0.25, 0.3) is 0 Å². The van der Waals surface area contributed by atoms with Crippen molar-refractivity contribution in [1.82, 2.24) is 0 Å². The molecule has 30 heavy (non-hydrogen) atoms. The first-order valence-corrected chi connectivity index (χ1v) is 10.7. The molecule has 0 fully saturated rings. The number of rotatable bonds is 4. The maximum Gasteiger partial charge on any atom is 0.0319 e. The highest BCUT2D eigenvalue weighted by Crippen LogP contribution is 2.41. The summed E-state index contributed by atoms with van der Waals surface area (Å²) in [6.07, 6.45) is 0. The minimum atomic E-state index is -0.126. The van der Waals surface area contributed by atoms with Crippen LogP contribution in [-0.2, 0) is 10.8 Å². The minimum absolute atomic E-state index is 0.126. The Bertz CT molecular complexity index is 973. The van der Waals surface area contributed by atoms with Crippen LogP contribution in [0.2, 0.25) is 0 Å². The summed E-state index contributed by atoms with van der Waals surface area (Å²) < 4.78 is 0. The summed E-state index contributed by atoms with van der Waals surface area (Å²) in [5.74, 6) is 0. The Hall–Kier alpha value is -2.74. The van der Waals surface area contributed by atoms with Gasteiger partial charge in [0.15, 0.2) is 0 Å². The van der Waals surface area contributed by atoms with Gasteiger partial charge >= 0.3 is 0 Å². The molecule has 0 saturated heterocycles. The second-order valence-corrected chi connectivity index (χ2v) is 9.89. The molecule has 0 unspecified atom stereocenters. The van der Waals surface area contributed by atoms with Gasteiger partial charge in [0.2, 0.25) is 0 Å². The predicted molar refractivity (Wildman–Crippen MR) is 131 cm³/mol. The van der Waals surface area contributed by atoms with Crippen LogP contribution in [0.3, 0.4) is 0 Å². The number of nitrogens with two attached hydrogens (primary N) is 2. The number of nitrogen functional groups attached to an aromatic ring is 2. The topological polar surface area (TPSA) is 52.0 Å². The Balaban J connectivity index is 2.15. The Morgan fingerprint density at radius 1 is 0.533 bits per heavy atom. The van der Waals surface area contributed by atoms with E-state index >= 15 is 0 Å². The van der Waals surface area contributed by atoms with Crippen molar-refractivity contribution in [3.05, 3.63) is 93.0 Å². The summed E-state index contributed by atoms with van der Waals surface area (Å²) in [5.41, 5.74) is 23.9.